The molecule has 1 nitrogen and oxygen atoms in total. The van der Waals surface area contributed by atoms with Crippen LogP contribution in [0.4, 0.5) is 55.3 Å². The Morgan fingerprint density at radius 3 is 0.778 bits per heavy atom. The van der Waals surface area contributed by atoms with Gasteiger partial charge in [0.15, 0.2) is 54.8 Å². The first kappa shape index (κ1) is 21.1. The summed E-state index contributed by atoms with van der Waals surface area (Å²) in [6.45, 7) is 3.38. The van der Waals surface area contributed by atoms with Gasteiger partial charge in [-0.25, -0.2) is 43.9 Å². The Morgan fingerprint density at radius 2 is 0.593 bits per heavy atom. The minimum absolute atomic E-state index is 0.0421. The highest BCUT2D eigenvalue weighted by molar-refractivity contribution is 6.81. The Kier molecular flexibility index (Phi) is 5.25. The molecule has 0 radical (unpaired) electrons. The molecule has 0 aliphatic carbocycles. The molecular weight excluding hydrogens is 412 g/mol. The van der Waals surface area contributed by atoms with Crippen molar-refractivity contribution in [1.29, 1.82) is 0 Å². The Bertz CT molecular complexity index is 810. The maximum atomic E-state index is 14.2. The zero-order valence-electron chi connectivity index (χ0n) is 13.7. The van der Waals surface area contributed by atoms with Crippen molar-refractivity contribution in [3.63, 3.8) is 0 Å². The van der Waals surface area contributed by atoms with Crippen LogP contribution in [0.3, 0.4) is 0 Å². The zero-order chi connectivity index (χ0) is 21.0. The van der Waals surface area contributed by atoms with Crippen LogP contribution in [0, 0.1) is 58.2 Å². The van der Waals surface area contributed by atoms with E-state index in [1.807, 2.05) is 0 Å². The summed E-state index contributed by atoms with van der Waals surface area (Å²) in [5.41, 5.74) is -3.62. The molecule has 0 spiro atoms. The lowest BCUT2D eigenvalue weighted by atomic mass is 10.2. The fourth-order valence-corrected chi connectivity index (χ4v) is 4.10. The molecule has 0 unspecified atom stereocenters. The molecule has 0 atom stereocenters. The number of benzene rings is 2. The third-order valence-electron chi connectivity index (χ3n) is 3.49. The van der Waals surface area contributed by atoms with Gasteiger partial charge in [-0.3, -0.25) is 0 Å². The molecular formula is C15H9F10NSi. The summed E-state index contributed by atoms with van der Waals surface area (Å²) in [5, 5.41) is 0. The molecule has 27 heavy (non-hydrogen) atoms. The van der Waals surface area contributed by atoms with Crippen LogP contribution in [0.2, 0.25) is 19.6 Å². The second-order valence-corrected chi connectivity index (χ2v) is 11.1. The Labute approximate surface area is 146 Å². The van der Waals surface area contributed by atoms with Gasteiger partial charge in [-0.15, -0.1) is 0 Å². The molecule has 2 rings (SSSR count). The summed E-state index contributed by atoms with van der Waals surface area (Å²) >= 11 is 0. The van der Waals surface area contributed by atoms with Crippen LogP contribution in [0.15, 0.2) is 0 Å². The number of nitrogens with zero attached hydrogens (tertiary/aromatic N) is 1. The number of halogens is 10. The molecule has 0 fully saturated rings. The Balaban J connectivity index is 3.04. The molecule has 0 amide bonds. The van der Waals surface area contributed by atoms with Crippen molar-refractivity contribution in [2.24, 2.45) is 0 Å². The van der Waals surface area contributed by atoms with Crippen molar-refractivity contribution in [3.8, 4) is 0 Å². The van der Waals surface area contributed by atoms with E-state index in [0.29, 0.717) is 0 Å². The first-order chi connectivity index (χ1) is 12.2. The van der Waals surface area contributed by atoms with E-state index in [1.54, 1.807) is 0 Å². The van der Waals surface area contributed by atoms with Crippen molar-refractivity contribution in [1.82, 2.24) is 0 Å². The zero-order valence-corrected chi connectivity index (χ0v) is 14.7. The van der Waals surface area contributed by atoms with Crippen molar-refractivity contribution in [2.45, 2.75) is 19.6 Å². The third kappa shape index (κ3) is 3.15. The normalized spacial score (nSPS) is 11.9. The van der Waals surface area contributed by atoms with Crippen LogP contribution >= 0.6 is 0 Å². The van der Waals surface area contributed by atoms with E-state index >= 15 is 0 Å². The molecule has 0 N–H and O–H groups in total. The molecule has 0 saturated heterocycles. The second-order valence-electron chi connectivity index (χ2n) is 6.34. The summed E-state index contributed by atoms with van der Waals surface area (Å²) < 4.78 is 137. The molecule has 2 aromatic rings. The summed E-state index contributed by atoms with van der Waals surface area (Å²) in [7, 11) is -3.56. The molecule has 12 heteroatoms. The first-order valence-corrected chi connectivity index (χ1v) is 10.5. The van der Waals surface area contributed by atoms with Crippen molar-refractivity contribution in [3.05, 3.63) is 58.2 Å². The van der Waals surface area contributed by atoms with E-state index in [9.17, 15) is 43.9 Å². The fraction of sp³-hybridized carbons (Fsp3) is 0.200. The van der Waals surface area contributed by atoms with E-state index in [2.05, 4.69) is 0 Å². The predicted molar refractivity (Wildman–Crippen MR) is 77.9 cm³/mol. The molecule has 0 aliphatic rings. The van der Waals surface area contributed by atoms with Crippen LogP contribution in [0.5, 0.6) is 0 Å². The van der Waals surface area contributed by atoms with E-state index < -0.39 is 77.8 Å². The number of rotatable bonds is 3. The third-order valence-corrected chi connectivity index (χ3v) is 5.28. The van der Waals surface area contributed by atoms with Gasteiger partial charge < -0.3 is 4.57 Å². The number of hydrogen-bond acceptors (Lipinski definition) is 1. The van der Waals surface area contributed by atoms with Gasteiger partial charge >= 0.3 is 0 Å². The second kappa shape index (κ2) is 6.73. The van der Waals surface area contributed by atoms with Crippen LogP contribution in [-0.2, 0) is 0 Å². The van der Waals surface area contributed by atoms with Gasteiger partial charge in [-0.2, -0.15) is 0 Å². The smallest absolute Gasteiger partial charge is 0.200 e. The van der Waals surface area contributed by atoms with Crippen LogP contribution in [0.1, 0.15) is 0 Å². The average Bonchev–Trinajstić information content (AvgIpc) is 2.59. The molecule has 0 heterocycles. The van der Waals surface area contributed by atoms with Gasteiger partial charge in [-0.1, -0.05) is 19.6 Å². The van der Waals surface area contributed by atoms with Gasteiger partial charge in [0, 0.05) is 0 Å². The number of anilines is 2. The van der Waals surface area contributed by atoms with Crippen molar-refractivity contribution >= 4 is 19.6 Å². The predicted octanol–water partition coefficient (Wildman–Crippen LogP) is 6.05. The Hall–Kier alpha value is -2.24. The maximum absolute atomic E-state index is 14.2. The van der Waals surface area contributed by atoms with E-state index in [4.69, 9.17) is 0 Å². The van der Waals surface area contributed by atoms with Gasteiger partial charge in [0.05, 0.1) is 0 Å². The minimum atomic E-state index is -3.56. The van der Waals surface area contributed by atoms with Gasteiger partial charge in [0.2, 0.25) is 11.6 Å². The van der Waals surface area contributed by atoms with Gasteiger partial charge in [0.25, 0.3) is 0 Å². The molecule has 148 valence electrons. The van der Waals surface area contributed by atoms with E-state index in [1.165, 1.54) is 0 Å². The highest BCUT2D eigenvalue weighted by Gasteiger charge is 2.40. The monoisotopic (exact) mass is 421 g/mol. The summed E-state index contributed by atoms with van der Waals surface area (Å²) in [6, 6.07) is 0. The van der Waals surface area contributed by atoms with Gasteiger partial charge in [-0.05, 0) is 0 Å². The highest BCUT2D eigenvalue weighted by atomic mass is 28.3. The highest BCUT2D eigenvalue weighted by Crippen LogP contribution is 2.42. The first-order valence-electron chi connectivity index (χ1n) is 7.06. The minimum Gasteiger partial charge on any atom is -0.360 e. The van der Waals surface area contributed by atoms with E-state index in [-0.39, 0.29) is 4.57 Å². The lowest BCUT2D eigenvalue weighted by Crippen LogP contribution is -2.45. The SMILES string of the molecule is C[Si](C)(C)N(c1c(F)c(F)c(F)c(F)c1F)c1c(F)c(F)c(F)c(F)c1F. The van der Waals surface area contributed by atoms with Crippen LogP contribution in [-0.4, -0.2) is 8.24 Å². The standard InChI is InChI=1S/C15H9F10NSi/c1-27(2,3)26(14-10(22)6(18)4(16)7(19)11(14)23)15-12(24)8(20)5(17)9(21)13(15)25/h1-3H3. The molecule has 0 saturated carbocycles. The van der Waals surface area contributed by atoms with Crippen molar-refractivity contribution in [2.75, 3.05) is 4.57 Å². The lowest BCUT2D eigenvalue weighted by Gasteiger charge is -2.37. The van der Waals surface area contributed by atoms with Crippen molar-refractivity contribution < 1.29 is 43.9 Å². The topological polar surface area (TPSA) is 3.24 Å². The lowest BCUT2D eigenvalue weighted by molar-refractivity contribution is 0.375. The number of hydrogen-bond donors (Lipinski definition) is 0. The average molecular weight is 421 g/mol. The quantitative estimate of drug-likeness (QED) is 0.252. The largest absolute Gasteiger partial charge is 0.360 e. The van der Waals surface area contributed by atoms with Crippen LogP contribution < -0.4 is 4.57 Å². The van der Waals surface area contributed by atoms with E-state index in [0.717, 1.165) is 19.6 Å². The molecule has 0 bridgehead atoms. The maximum Gasteiger partial charge on any atom is 0.200 e. The van der Waals surface area contributed by atoms with Crippen LogP contribution in [0.25, 0.3) is 0 Å². The molecule has 0 aromatic heterocycles. The Morgan fingerprint density at radius 1 is 0.407 bits per heavy atom. The summed E-state index contributed by atoms with van der Waals surface area (Å²) in [4.78, 5) is 0. The summed E-state index contributed by atoms with van der Waals surface area (Å²) in [5.74, 6) is -24.7. The fourth-order valence-electron chi connectivity index (χ4n) is 2.36. The molecule has 0 aliphatic heterocycles. The molecule has 2 aromatic carbocycles. The summed E-state index contributed by atoms with van der Waals surface area (Å²) in [6.07, 6.45) is 0. The van der Waals surface area contributed by atoms with Gasteiger partial charge in [0.1, 0.15) is 11.4 Å².